The Morgan fingerprint density at radius 3 is 2.43 bits per heavy atom. The topological polar surface area (TPSA) is 55.4 Å². The molecule has 5 heteroatoms. The second-order valence-corrected chi connectivity index (χ2v) is 9.30. The molecule has 0 spiro atoms. The Morgan fingerprint density at radius 1 is 1.22 bits per heavy atom. The van der Waals surface area contributed by atoms with Crippen molar-refractivity contribution in [1.29, 1.82) is 0 Å². The molecule has 0 unspecified atom stereocenters. The number of amides is 1. The van der Waals surface area contributed by atoms with Crippen LogP contribution in [0.25, 0.3) is 0 Å². The molecule has 0 aromatic heterocycles. The van der Waals surface area contributed by atoms with E-state index in [0.717, 1.165) is 38.5 Å². The van der Waals surface area contributed by atoms with Gasteiger partial charge in [-0.05, 0) is 62.7 Å². The van der Waals surface area contributed by atoms with Gasteiger partial charge in [-0.2, -0.15) is 0 Å². The van der Waals surface area contributed by atoms with Gasteiger partial charge < -0.3 is 10.1 Å². The monoisotopic (exact) mass is 341 g/mol. The van der Waals surface area contributed by atoms with Crippen LogP contribution >= 0.6 is 11.6 Å². The summed E-state index contributed by atoms with van der Waals surface area (Å²) in [6.45, 7) is 4.69. The number of carbonyl (C=O) groups excluding carboxylic acids is 2. The van der Waals surface area contributed by atoms with Crippen LogP contribution in [0, 0.1) is 23.2 Å². The molecule has 1 N–H and O–H groups in total. The Labute approximate surface area is 143 Å². The molecule has 130 valence electrons. The predicted molar refractivity (Wildman–Crippen MR) is 89.1 cm³/mol. The van der Waals surface area contributed by atoms with Crippen molar-refractivity contribution >= 4 is 23.5 Å². The zero-order chi connectivity index (χ0) is 16.7. The maximum atomic E-state index is 12.7. The standard InChI is InChI=1S/C18H28ClNO3/c1-12(2)3-4-20-15(21)10-23-16(22)17-6-13-5-14(7-17)9-18(19,8-13)11-17/h12-14H,3-11H2,1-2H3,(H,20,21)/t13-,14-,17?,18?/m1/s1. The molecule has 4 nitrogen and oxygen atoms in total. The van der Waals surface area contributed by atoms with Gasteiger partial charge in [-0.25, -0.2) is 0 Å². The largest absolute Gasteiger partial charge is 0.455 e. The fraction of sp³-hybridized carbons (Fsp3) is 0.889. The number of hydrogen-bond donors (Lipinski definition) is 1. The molecule has 0 aromatic carbocycles. The summed E-state index contributed by atoms with van der Waals surface area (Å²) in [7, 11) is 0. The molecule has 0 aliphatic heterocycles. The van der Waals surface area contributed by atoms with E-state index >= 15 is 0 Å². The van der Waals surface area contributed by atoms with Crippen molar-refractivity contribution in [2.24, 2.45) is 23.2 Å². The van der Waals surface area contributed by atoms with E-state index in [1.54, 1.807) is 0 Å². The summed E-state index contributed by atoms with van der Waals surface area (Å²) < 4.78 is 5.38. The van der Waals surface area contributed by atoms with E-state index in [2.05, 4.69) is 19.2 Å². The van der Waals surface area contributed by atoms with Gasteiger partial charge in [-0.15, -0.1) is 11.6 Å². The van der Waals surface area contributed by atoms with E-state index in [1.807, 2.05) is 0 Å². The van der Waals surface area contributed by atoms with Gasteiger partial charge in [0.05, 0.1) is 5.41 Å². The number of rotatable bonds is 6. The maximum absolute atomic E-state index is 12.7. The molecule has 4 saturated carbocycles. The number of alkyl halides is 1. The molecule has 23 heavy (non-hydrogen) atoms. The molecule has 4 bridgehead atoms. The van der Waals surface area contributed by atoms with E-state index in [1.165, 1.54) is 6.42 Å². The van der Waals surface area contributed by atoms with Crippen LogP contribution in [0.3, 0.4) is 0 Å². The van der Waals surface area contributed by atoms with Gasteiger partial charge in [-0.1, -0.05) is 13.8 Å². The van der Waals surface area contributed by atoms with E-state index in [0.29, 0.717) is 24.3 Å². The highest BCUT2D eigenvalue weighted by Gasteiger charge is 2.60. The summed E-state index contributed by atoms with van der Waals surface area (Å²) in [5, 5.41) is 2.81. The van der Waals surface area contributed by atoms with E-state index < -0.39 is 5.41 Å². The zero-order valence-electron chi connectivity index (χ0n) is 14.2. The van der Waals surface area contributed by atoms with Crippen molar-refractivity contribution in [3.8, 4) is 0 Å². The lowest BCUT2D eigenvalue weighted by atomic mass is 9.49. The Hall–Kier alpha value is -0.770. The van der Waals surface area contributed by atoms with E-state index in [-0.39, 0.29) is 23.4 Å². The minimum absolute atomic E-state index is 0.163. The van der Waals surface area contributed by atoms with Gasteiger partial charge in [0.15, 0.2) is 6.61 Å². The van der Waals surface area contributed by atoms with Crippen LogP contribution in [0.15, 0.2) is 0 Å². The zero-order valence-corrected chi connectivity index (χ0v) is 15.0. The van der Waals surface area contributed by atoms with Crippen molar-refractivity contribution in [1.82, 2.24) is 5.32 Å². The number of hydrogen-bond acceptors (Lipinski definition) is 3. The number of nitrogens with one attached hydrogen (secondary N) is 1. The second-order valence-electron chi connectivity index (χ2n) is 8.50. The third kappa shape index (κ3) is 3.67. The summed E-state index contributed by atoms with van der Waals surface area (Å²) in [5.74, 6) is 1.26. The number of halogens is 1. The molecular formula is C18H28ClNO3. The van der Waals surface area contributed by atoms with Gasteiger partial charge in [0.25, 0.3) is 5.91 Å². The lowest BCUT2D eigenvalue weighted by Crippen LogP contribution is -2.56. The Morgan fingerprint density at radius 2 is 1.87 bits per heavy atom. The number of esters is 1. The van der Waals surface area contributed by atoms with Gasteiger partial charge in [0.2, 0.25) is 0 Å². The number of ether oxygens (including phenoxy) is 1. The average Bonchev–Trinajstić information content (AvgIpc) is 2.41. The normalized spacial score (nSPS) is 37.9. The average molecular weight is 342 g/mol. The molecule has 1 amide bonds. The molecule has 0 heterocycles. The lowest BCUT2D eigenvalue weighted by Gasteiger charge is -2.58. The van der Waals surface area contributed by atoms with E-state index in [4.69, 9.17) is 16.3 Å². The molecular weight excluding hydrogens is 314 g/mol. The SMILES string of the molecule is CC(C)CCNC(=O)COC(=O)C12C[C@H]3C[C@@H](CC(Cl)(C3)C1)C2. The van der Waals surface area contributed by atoms with Crippen LogP contribution in [-0.2, 0) is 14.3 Å². The summed E-state index contributed by atoms with van der Waals surface area (Å²) in [4.78, 5) is 24.3. The highest BCUT2D eigenvalue weighted by atomic mass is 35.5. The molecule has 2 atom stereocenters. The van der Waals surface area contributed by atoms with Gasteiger partial charge in [0, 0.05) is 11.4 Å². The van der Waals surface area contributed by atoms with Crippen LogP contribution in [-0.4, -0.2) is 29.9 Å². The first kappa shape index (κ1) is 17.1. The third-order valence-electron chi connectivity index (χ3n) is 5.80. The third-order valence-corrected chi connectivity index (χ3v) is 6.24. The fourth-order valence-electron chi connectivity index (χ4n) is 5.23. The molecule has 0 aromatic rings. The first-order valence-electron chi connectivity index (χ1n) is 8.93. The van der Waals surface area contributed by atoms with Crippen molar-refractivity contribution in [2.75, 3.05) is 13.2 Å². The smallest absolute Gasteiger partial charge is 0.312 e. The van der Waals surface area contributed by atoms with Crippen LogP contribution in [0.5, 0.6) is 0 Å². The highest BCUT2D eigenvalue weighted by molar-refractivity contribution is 6.24. The highest BCUT2D eigenvalue weighted by Crippen LogP contribution is 2.64. The molecule has 4 rings (SSSR count). The molecule has 4 fully saturated rings. The maximum Gasteiger partial charge on any atom is 0.312 e. The van der Waals surface area contributed by atoms with Gasteiger partial charge >= 0.3 is 5.97 Å². The molecule has 4 aliphatic carbocycles. The van der Waals surface area contributed by atoms with Crippen molar-refractivity contribution in [3.05, 3.63) is 0 Å². The van der Waals surface area contributed by atoms with Crippen LogP contribution < -0.4 is 5.32 Å². The van der Waals surface area contributed by atoms with Crippen LogP contribution in [0.1, 0.15) is 58.8 Å². The summed E-state index contributed by atoms with van der Waals surface area (Å²) >= 11 is 6.74. The first-order valence-corrected chi connectivity index (χ1v) is 9.31. The molecule has 0 saturated heterocycles. The molecule has 4 aliphatic rings. The minimum Gasteiger partial charge on any atom is -0.455 e. The van der Waals surface area contributed by atoms with Crippen LogP contribution in [0.4, 0.5) is 0 Å². The molecule has 0 radical (unpaired) electrons. The van der Waals surface area contributed by atoms with Gasteiger partial charge in [0.1, 0.15) is 0 Å². The quantitative estimate of drug-likeness (QED) is 0.596. The number of carbonyl (C=O) groups is 2. The predicted octanol–water partition coefficient (Wildman–Crippen LogP) is 3.27. The summed E-state index contributed by atoms with van der Waals surface area (Å²) in [6, 6.07) is 0. The second kappa shape index (κ2) is 6.27. The summed E-state index contributed by atoms with van der Waals surface area (Å²) in [6.07, 6.45) is 6.73. The van der Waals surface area contributed by atoms with Crippen molar-refractivity contribution in [2.45, 2.75) is 63.7 Å². The Bertz CT molecular complexity index is 477. The first-order chi connectivity index (χ1) is 10.8. The van der Waals surface area contributed by atoms with Crippen molar-refractivity contribution < 1.29 is 14.3 Å². The van der Waals surface area contributed by atoms with Gasteiger partial charge in [-0.3, -0.25) is 9.59 Å². The fourth-order valence-corrected chi connectivity index (χ4v) is 5.92. The van der Waals surface area contributed by atoms with Crippen molar-refractivity contribution in [3.63, 3.8) is 0 Å². The Balaban J connectivity index is 1.51. The summed E-state index contributed by atoms with van der Waals surface area (Å²) in [5.41, 5.74) is -0.427. The van der Waals surface area contributed by atoms with E-state index in [9.17, 15) is 9.59 Å². The Kier molecular flexibility index (Phi) is 4.65. The lowest BCUT2D eigenvalue weighted by molar-refractivity contribution is -0.171. The minimum atomic E-state index is -0.427. The van der Waals surface area contributed by atoms with Crippen LogP contribution in [0.2, 0.25) is 0 Å².